The van der Waals surface area contributed by atoms with E-state index in [1.165, 1.54) is 0 Å². The van der Waals surface area contributed by atoms with Gasteiger partial charge in [-0.1, -0.05) is 6.92 Å². The van der Waals surface area contributed by atoms with Crippen molar-refractivity contribution in [1.29, 1.82) is 0 Å². The van der Waals surface area contributed by atoms with Gasteiger partial charge < -0.3 is 24.9 Å². The normalized spacial score (nSPS) is 13.0. The molecule has 0 spiro atoms. The second-order valence-corrected chi connectivity index (χ2v) is 5.91. The molecule has 1 aromatic heterocycles. The minimum absolute atomic E-state index is 0.00729. The summed E-state index contributed by atoms with van der Waals surface area (Å²) >= 11 is 0. The van der Waals surface area contributed by atoms with Crippen LogP contribution in [0.1, 0.15) is 45.6 Å². The number of ether oxygens (including phenoxy) is 1. The summed E-state index contributed by atoms with van der Waals surface area (Å²) in [4.78, 5) is 11.7. The van der Waals surface area contributed by atoms with Gasteiger partial charge in [0, 0.05) is 12.6 Å². The number of aliphatic hydroxyl groups is 1. The van der Waals surface area contributed by atoms with Crippen LogP contribution in [-0.2, 0) is 17.9 Å². The third kappa shape index (κ3) is 7.15. The monoisotopic (exact) mass is 298 g/mol. The zero-order valence-corrected chi connectivity index (χ0v) is 13.2. The van der Waals surface area contributed by atoms with Crippen molar-refractivity contribution in [3.05, 3.63) is 23.7 Å². The van der Waals surface area contributed by atoms with Crippen LogP contribution in [0.4, 0.5) is 4.79 Å². The maximum Gasteiger partial charge on any atom is 0.407 e. The number of carbonyl (C=O) groups excluding carboxylic acids is 1. The molecule has 1 aromatic rings. The third-order valence-electron chi connectivity index (χ3n) is 2.78. The highest BCUT2D eigenvalue weighted by atomic mass is 16.6. The van der Waals surface area contributed by atoms with Crippen molar-refractivity contribution < 1.29 is 19.1 Å². The van der Waals surface area contributed by atoms with E-state index in [2.05, 4.69) is 10.6 Å². The molecule has 3 N–H and O–H groups in total. The van der Waals surface area contributed by atoms with Gasteiger partial charge in [0.2, 0.25) is 0 Å². The molecule has 1 atom stereocenters. The van der Waals surface area contributed by atoms with Gasteiger partial charge in [-0.05, 0) is 39.3 Å². The second-order valence-electron chi connectivity index (χ2n) is 5.91. The predicted molar refractivity (Wildman–Crippen MR) is 79.8 cm³/mol. The van der Waals surface area contributed by atoms with Gasteiger partial charge >= 0.3 is 6.09 Å². The van der Waals surface area contributed by atoms with Crippen LogP contribution in [0.5, 0.6) is 0 Å². The van der Waals surface area contributed by atoms with E-state index in [-0.39, 0.29) is 12.6 Å². The fourth-order valence-electron chi connectivity index (χ4n) is 1.74. The number of nitrogens with one attached hydrogen (secondary N) is 2. The average molecular weight is 298 g/mol. The minimum Gasteiger partial charge on any atom is -0.462 e. The molecule has 0 aliphatic heterocycles. The molecular weight excluding hydrogens is 272 g/mol. The Hall–Kier alpha value is -1.53. The Balaban J connectivity index is 2.32. The van der Waals surface area contributed by atoms with Crippen molar-refractivity contribution in [3.8, 4) is 0 Å². The Labute approximate surface area is 125 Å². The summed E-state index contributed by atoms with van der Waals surface area (Å²) in [6, 6.07) is 3.56. The fraction of sp³-hybridized carbons (Fsp3) is 0.667. The summed E-state index contributed by atoms with van der Waals surface area (Å²) in [5.74, 6) is 1.30. The summed E-state index contributed by atoms with van der Waals surface area (Å²) in [6.45, 7) is 8.57. The topological polar surface area (TPSA) is 83.7 Å². The minimum atomic E-state index is -0.495. The Bertz CT molecular complexity index is 437. The lowest BCUT2D eigenvalue weighted by Gasteiger charge is -2.23. The van der Waals surface area contributed by atoms with E-state index in [4.69, 9.17) is 14.3 Å². The van der Waals surface area contributed by atoms with Crippen LogP contribution < -0.4 is 10.6 Å². The van der Waals surface area contributed by atoms with Gasteiger partial charge in [0.1, 0.15) is 23.7 Å². The zero-order valence-electron chi connectivity index (χ0n) is 13.2. The number of alkyl carbamates (subject to hydrolysis) is 1. The molecule has 1 rings (SSSR count). The molecule has 1 heterocycles. The molecule has 0 saturated carbocycles. The highest BCUT2D eigenvalue weighted by Gasteiger charge is 2.18. The van der Waals surface area contributed by atoms with Crippen LogP contribution in [0, 0.1) is 0 Å². The van der Waals surface area contributed by atoms with Gasteiger partial charge in [0.25, 0.3) is 0 Å². The van der Waals surface area contributed by atoms with Crippen molar-refractivity contribution in [3.63, 3.8) is 0 Å². The van der Waals surface area contributed by atoms with Crippen LogP contribution in [0.3, 0.4) is 0 Å². The van der Waals surface area contributed by atoms with E-state index in [0.717, 1.165) is 12.2 Å². The number of carbonyl (C=O) groups is 1. The number of furan rings is 1. The molecule has 1 unspecified atom stereocenters. The molecule has 0 bridgehead atoms. The molecule has 0 radical (unpaired) electrons. The smallest absolute Gasteiger partial charge is 0.407 e. The largest absolute Gasteiger partial charge is 0.462 e. The van der Waals surface area contributed by atoms with Crippen molar-refractivity contribution in [2.75, 3.05) is 6.54 Å². The standard InChI is InChI=1S/C15H26N2O4/c1-5-11(17-14(19)21-15(2,3)4)8-16-9-12-6-7-13(10-18)20-12/h6-7,11,16,18H,5,8-10H2,1-4H3,(H,17,19). The number of rotatable bonds is 7. The van der Waals surface area contributed by atoms with Crippen LogP contribution in [-0.4, -0.2) is 29.4 Å². The molecule has 6 heteroatoms. The Kier molecular flexibility index (Phi) is 6.71. The molecule has 120 valence electrons. The highest BCUT2D eigenvalue weighted by molar-refractivity contribution is 5.68. The first-order valence-electron chi connectivity index (χ1n) is 7.22. The van der Waals surface area contributed by atoms with E-state index in [1.807, 2.05) is 33.8 Å². The molecule has 0 saturated heterocycles. The van der Waals surface area contributed by atoms with E-state index < -0.39 is 11.7 Å². The quantitative estimate of drug-likeness (QED) is 0.718. The Morgan fingerprint density at radius 3 is 2.57 bits per heavy atom. The number of aliphatic hydroxyl groups excluding tert-OH is 1. The van der Waals surface area contributed by atoms with E-state index in [0.29, 0.717) is 18.8 Å². The lowest BCUT2D eigenvalue weighted by Crippen LogP contribution is -2.43. The van der Waals surface area contributed by atoms with Crippen LogP contribution in [0.25, 0.3) is 0 Å². The fourth-order valence-corrected chi connectivity index (χ4v) is 1.74. The van der Waals surface area contributed by atoms with E-state index in [1.54, 1.807) is 6.07 Å². The lowest BCUT2D eigenvalue weighted by molar-refractivity contribution is 0.0502. The maximum absolute atomic E-state index is 11.7. The third-order valence-corrected chi connectivity index (χ3v) is 2.78. The molecule has 21 heavy (non-hydrogen) atoms. The molecular formula is C15H26N2O4. The van der Waals surface area contributed by atoms with Crippen LogP contribution in [0.15, 0.2) is 16.5 Å². The first kappa shape index (κ1) is 17.5. The maximum atomic E-state index is 11.7. The number of amides is 1. The van der Waals surface area contributed by atoms with Crippen molar-refractivity contribution in [2.24, 2.45) is 0 Å². The van der Waals surface area contributed by atoms with Crippen molar-refractivity contribution in [2.45, 2.75) is 58.9 Å². The number of hydrogen-bond acceptors (Lipinski definition) is 5. The second kappa shape index (κ2) is 8.05. The molecule has 0 fully saturated rings. The van der Waals surface area contributed by atoms with Gasteiger partial charge in [0.05, 0.1) is 6.54 Å². The Morgan fingerprint density at radius 2 is 2.05 bits per heavy atom. The summed E-state index contributed by atoms with van der Waals surface area (Å²) in [5.41, 5.74) is -0.495. The summed E-state index contributed by atoms with van der Waals surface area (Å²) < 4.78 is 10.6. The van der Waals surface area contributed by atoms with E-state index in [9.17, 15) is 4.79 Å². The summed E-state index contributed by atoms with van der Waals surface area (Å²) in [7, 11) is 0. The number of hydrogen-bond donors (Lipinski definition) is 3. The van der Waals surface area contributed by atoms with E-state index >= 15 is 0 Å². The van der Waals surface area contributed by atoms with Gasteiger partial charge in [-0.25, -0.2) is 4.79 Å². The summed E-state index contributed by atoms with van der Waals surface area (Å²) in [5, 5.41) is 15.0. The average Bonchev–Trinajstić information content (AvgIpc) is 2.83. The molecule has 0 aliphatic carbocycles. The first-order valence-corrected chi connectivity index (χ1v) is 7.22. The molecule has 1 amide bonds. The SMILES string of the molecule is CCC(CNCc1ccc(CO)o1)NC(=O)OC(C)(C)C. The Morgan fingerprint density at radius 1 is 1.38 bits per heavy atom. The van der Waals surface area contributed by atoms with Gasteiger partial charge in [-0.15, -0.1) is 0 Å². The summed E-state index contributed by atoms with van der Waals surface area (Å²) in [6.07, 6.45) is 0.392. The van der Waals surface area contributed by atoms with Crippen LogP contribution in [0.2, 0.25) is 0 Å². The lowest BCUT2D eigenvalue weighted by atomic mass is 10.2. The molecule has 0 aromatic carbocycles. The van der Waals surface area contributed by atoms with Crippen molar-refractivity contribution in [1.82, 2.24) is 10.6 Å². The van der Waals surface area contributed by atoms with Crippen molar-refractivity contribution >= 4 is 6.09 Å². The van der Waals surface area contributed by atoms with Crippen LogP contribution >= 0.6 is 0 Å². The predicted octanol–water partition coefficient (Wildman–Crippen LogP) is 2.16. The van der Waals surface area contributed by atoms with Gasteiger partial charge in [0.15, 0.2) is 0 Å². The zero-order chi connectivity index (χ0) is 15.9. The molecule has 0 aliphatic rings. The highest BCUT2D eigenvalue weighted by Crippen LogP contribution is 2.08. The molecule has 6 nitrogen and oxygen atoms in total. The first-order chi connectivity index (χ1) is 9.84. The van der Waals surface area contributed by atoms with Gasteiger partial charge in [-0.3, -0.25) is 0 Å². The van der Waals surface area contributed by atoms with Gasteiger partial charge in [-0.2, -0.15) is 0 Å².